The van der Waals surface area contributed by atoms with Gasteiger partial charge in [0.15, 0.2) is 0 Å². The number of carbonyl (C=O) groups is 1. The number of hydrogen-bond acceptors (Lipinski definition) is 2. The summed E-state index contributed by atoms with van der Waals surface area (Å²) < 4.78 is 0. The van der Waals surface area contributed by atoms with Gasteiger partial charge in [0.25, 0.3) is 5.91 Å². The summed E-state index contributed by atoms with van der Waals surface area (Å²) in [5.74, 6) is 0.0925. The van der Waals surface area contributed by atoms with Crippen LogP contribution in [0.5, 0.6) is 0 Å². The second kappa shape index (κ2) is 3.69. The fourth-order valence-corrected chi connectivity index (χ4v) is 3.93. The Hall–Kier alpha value is -1.81. The van der Waals surface area contributed by atoms with Crippen LogP contribution in [-0.4, -0.2) is 21.4 Å². The first kappa shape index (κ1) is 11.8. The van der Waals surface area contributed by atoms with Crippen molar-refractivity contribution >= 4 is 17.5 Å². The lowest BCUT2D eigenvalue weighted by molar-refractivity contribution is 0.0917. The van der Waals surface area contributed by atoms with Crippen LogP contribution in [0.25, 0.3) is 11.3 Å². The Kier molecular flexibility index (Phi) is 2.07. The van der Waals surface area contributed by atoms with Gasteiger partial charge in [0.2, 0.25) is 0 Å². The van der Waals surface area contributed by atoms with Crippen molar-refractivity contribution in [3.05, 3.63) is 39.8 Å². The molecule has 0 unspecified atom stereocenters. The van der Waals surface area contributed by atoms with Crippen LogP contribution in [0.2, 0.25) is 5.15 Å². The van der Waals surface area contributed by atoms with E-state index in [2.05, 4.69) is 15.3 Å². The molecule has 4 nitrogen and oxygen atoms in total. The molecule has 2 N–H and O–H groups in total. The molecule has 5 rings (SSSR count). The molecule has 2 aromatic heterocycles. The van der Waals surface area contributed by atoms with Crippen LogP contribution in [0.15, 0.2) is 12.3 Å². The SMILES string of the molecule is O=C1NC2(CC2)Cc2[nH]c3c(c21)CCc1cnc(Cl)cc1-3. The summed E-state index contributed by atoms with van der Waals surface area (Å²) in [6.45, 7) is 0. The zero-order chi connectivity index (χ0) is 14.2. The third-order valence-electron chi connectivity index (χ3n) is 5.02. The first-order valence-electron chi connectivity index (χ1n) is 7.36. The first-order chi connectivity index (χ1) is 10.2. The molecule has 0 atom stereocenters. The van der Waals surface area contributed by atoms with Gasteiger partial charge in [0.1, 0.15) is 5.15 Å². The van der Waals surface area contributed by atoms with Crippen LogP contribution in [0.3, 0.4) is 0 Å². The molecule has 0 saturated heterocycles. The summed E-state index contributed by atoms with van der Waals surface area (Å²) >= 11 is 6.05. The Morgan fingerprint density at radius 3 is 2.95 bits per heavy atom. The molecule has 1 fully saturated rings. The highest BCUT2D eigenvalue weighted by atomic mass is 35.5. The van der Waals surface area contributed by atoms with Crippen molar-refractivity contribution in [2.45, 2.75) is 37.6 Å². The fraction of sp³-hybridized carbons (Fsp3) is 0.375. The highest BCUT2D eigenvalue weighted by Crippen LogP contribution is 2.45. The molecule has 1 amide bonds. The van der Waals surface area contributed by atoms with E-state index in [0.717, 1.165) is 60.2 Å². The van der Waals surface area contributed by atoms with Crippen molar-refractivity contribution < 1.29 is 4.79 Å². The molecule has 5 heteroatoms. The Labute approximate surface area is 126 Å². The summed E-state index contributed by atoms with van der Waals surface area (Å²) in [5, 5.41) is 3.69. The fourth-order valence-electron chi connectivity index (χ4n) is 3.77. The molecular formula is C16H14ClN3O. The van der Waals surface area contributed by atoms with Gasteiger partial charge >= 0.3 is 0 Å². The van der Waals surface area contributed by atoms with E-state index in [9.17, 15) is 4.79 Å². The minimum absolute atomic E-state index is 0.0379. The van der Waals surface area contributed by atoms with E-state index in [1.165, 1.54) is 5.56 Å². The maximum absolute atomic E-state index is 12.5. The number of pyridine rings is 1. The van der Waals surface area contributed by atoms with E-state index >= 15 is 0 Å². The summed E-state index contributed by atoms with van der Waals surface area (Å²) in [6.07, 6.45) is 6.76. The first-order valence-corrected chi connectivity index (χ1v) is 7.74. The zero-order valence-electron chi connectivity index (χ0n) is 11.4. The van der Waals surface area contributed by atoms with Gasteiger partial charge in [-0.25, -0.2) is 4.98 Å². The number of aromatic amines is 1. The van der Waals surface area contributed by atoms with Gasteiger partial charge in [0.05, 0.1) is 11.3 Å². The maximum atomic E-state index is 12.5. The Balaban J connectivity index is 1.73. The lowest BCUT2D eigenvalue weighted by Crippen LogP contribution is -2.43. The number of amides is 1. The number of nitrogens with one attached hydrogen (secondary N) is 2. The van der Waals surface area contributed by atoms with E-state index in [0.29, 0.717) is 5.15 Å². The van der Waals surface area contributed by atoms with Gasteiger partial charge in [0, 0.05) is 29.4 Å². The zero-order valence-corrected chi connectivity index (χ0v) is 12.2. The predicted octanol–water partition coefficient (Wildman–Crippen LogP) is 2.65. The minimum atomic E-state index is 0.0379. The van der Waals surface area contributed by atoms with Crippen molar-refractivity contribution in [1.82, 2.24) is 15.3 Å². The van der Waals surface area contributed by atoms with Gasteiger partial charge in [-0.1, -0.05) is 11.6 Å². The highest BCUT2D eigenvalue weighted by Gasteiger charge is 2.49. The van der Waals surface area contributed by atoms with Crippen molar-refractivity contribution in [3.8, 4) is 11.3 Å². The number of fused-ring (bicyclic) bond motifs is 5. The van der Waals surface area contributed by atoms with Crippen LogP contribution in [0, 0.1) is 0 Å². The van der Waals surface area contributed by atoms with Gasteiger partial charge in [-0.2, -0.15) is 0 Å². The molecule has 21 heavy (non-hydrogen) atoms. The summed E-state index contributed by atoms with van der Waals surface area (Å²) in [7, 11) is 0. The predicted molar refractivity (Wildman–Crippen MR) is 79.6 cm³/mol. The van der Waals surface area contributed by atoms with Crippen LogP contribution in [0.1, 0.15) is 40.0 Å². The Morgan fingerprint density at radius 2 is 2.14 bits per heavy atom. The summed E-state index contributed by atoms with van der Waals surface area (Å²) in [4.78, 5) is 20.2. The van der Waals surface area contributed by atoms with Gasteiger partial charge in [-0.05, 0) is 42.9 Å². The van der Waals surface area contributed by atoms with E-state index < -0.39 is 0 Å². The molecule has 0 bridgehead atoms. The molecule has 1 saturated carbocycles. The van der Waals surface area contributed by atoms with E-state index in [1.54, 1.807) is 0 Å². The van der Waals surface area contributed by atoms with Gasteiger partial charge in [-0.3, -0.25) is 4.79 Å². The quantitative estimate of drug-likeness (QED) is 0.735. The smallest absolute Gasteiger partial charge is 0.253 e. The van der Waals surface area contributed by atoms with Crippen molar-refractivity contribution in [2.75, 3.05) is 0 Å². The number of aromatic nitrogens is 2. The normalized spacial score (nSPS) is 20.5. The molecule has 3 aliphatic rings. The topological polar surface area (TPSA) is 57.8 Å². The molecule has 1 spiro atoms. The Bertz CT molecular complexity index is 804. The van der Waals surface area contributed by atoms with Gasteiger partial charge < -0.3 is 10.3 Å². The molecule has 106 valence electrons. The number of halogens is 1. The number of nitrogens with zero attached hydrogens (tertiary/aromatic N) is 1. The number of hydrogen-bond donors (Lipinski definition) is 2. The van der Waals surface area contributed by atoms with Crippen LogP contribution >= 0.6 is 11.6 Å². The third kappa shape index (κ3) is 1.57. The van der Waals surface area contributed by atoms with E-state index in [1.807, 2.05) is 12.3 Å². The standard InChI is InChI=1S/C16H14ClN3O/c17-12-5-10-8(7-18-12)1-2-9-13-11(19-14(9)10)6-16(3-4-16)20-15(13)21/h5,7,19H,1-4,6H2,(H,20,21). The molecule has 3 heterocycles. The Morgan fingerprint density at radius 1 is 1.29 bits per heavy atom. The second-order valence-corrected chi connectivity index (χ2v) is 6.79. The molecule has 1 aliphatic heterocycles. The molecule has 0 radical (unpaired) electrons. The van der Waals surface area contributed by atoms with Crippen LogP contribution in [-0.2, 0) is 19.3 Å². The molecular weight excluding hydrogens is 286 g/mol. The van der Waals surface area contributed by atoms with Crippen molar-refractivity contribution in [3.63, 3.8) is 0 Å². The number of aryl methyl sites for hydroxylation is 1. The number of rotatable bonds is 0. The van der Waals surface area contributed by atoms with E-state index in [-0.39, 0.29) is 11.4 Å². The summed E-state index contributed by atoms with van der Waals surface area (Å²) in [6, 6.07) is 1.90. The average Bonchev–Trinajstić information content (AvgIpc) is 3.07. The molecule has 2 aliphatic carbocycles. The lowest BCUT2D eigenvalue weighted by atomic mass is 9.88. The maximum Gasteiger partial charge on any atom is 0.253 e. The summed E-state index contributed by atoms with van der Waals surface area (Å²) in [5.41, 5.74) is 6.53. The average molecular weight is 300 g/mol. The second-order valence-electron chi connectivity index (χ2n) is 6.41. The third-order valence-corrected chi connectivity index (χ3v) is 5.23. The largest absolute Gasteiger partial charge is 0.357 e. The van der Waals surface area contributed by atoms with Crippen LogP contribution < -0.4 is 5.32 Å². The van der Waals surface area contributed by atoms with Gasteiger partial charge in [-0.15, -0.1) is 0 Å². The van der Waals surface area contributed by atoms with E-state index in [4.69, 9.17) is 11.6 Å². The molecule has 0 aromatic carbocycles. The van der Waals surface area contributed by atoms with Crippen molar-refractivity contribution in [1.29, 1.82) is 0 Å². The lowest BCUT2D eigenvalue weighted by Gasteiger charge is -2.24. The minimum Gasteiger partial charge on any atom is -0.357 e. The number of carbonyl (C=O) groups excluding carboxylic acids is 1. The van der Waals surface area contributed by atoms with Crippen molar-refractivity contribution in [2.24, 2.45) is 0 Å². The molecule has 2 aromatic rings. The highest BCUT2D eigenvalue weighted by molar-refractivity contribution is 6.29. The number of H-pyrrole nitrogens is 1. The monoisotopic (exact) mass is 299 g/mol. The van der Waals surface area contributed by atoms with Crippen LogP contribution in [0.4, 0.5) is 0 Å².